The summed E-state index contributed by atoms with van der Waals surface area (Å²) in [5, 5.41) is 2.44. The molecule has 1 aromatic carbocycles. The van der Waals surface area contributed by atoms with Gasteiger partial charge in [-0.1, -0.05) is 6.07 Å². The van der Waals surface area contributed by atoms with E-state index in [2.05, 4.69) is 15.3 Å². The third kappa shape index (κ3) is 2.71. The third-order valence-corrected chi connectivity index (χ3v) is 2.39. The Morgan fingerprint density at radius 2 is 2.06 bits per heavy atom. The van der Waals surface area contributed by atoms with Gasteiger partial charge in [0.05, 0.1) is 0 Å². The summed E-state index contributed by atoms with van der Waals surface area (Å²) in [4.78, 5) is 18.4. The predicted molar refractivity (Wildman–Crippen MR) is 61.0 cm³/mol. The van der Waals surface area contributed by atoms with Crippen molar-refractivity contribution in [2.75, 3.05) is 6.54 Å². The largest absolute Gasteiger partial charge is 0.351 e. The second-order valence-corrected chi connectivity index (χ2v) is 3.64. The first kappa shape index (κ1) is 12.2. The topological polar surface area (TPSA) is 57.8 Å². The number of hydrogen-bond donors (Lipinski definition) is 2. The van der Waals surface area contributed by atoms with Crippen molar-refractivity contribution in [3.8, 4) is 0 Å². The van der Waals surface area contributed by atoms with Gasteiger partial charge in [0, 0.05) is 25.4 Å². The maximum atomic E-state index is 13.3. The van der Waals surface area contributed by atoms with Gasteiger partial charge in [-0.2, -0.15) is 0 Å². The van der Waals surface area contributed by atoms with Gasteiger partial charge in [0.1, 0.15) is 23.0 Å². The molecule has 0 fully saturated rings. The van der Waals surface area contributed by atoms with Gasteiger partial charge in [-0.3, -0.25) is 4.79 Å². The number of carbonyl (C=O) groups excluding carboxylic acids is 1. The van der Waals surface area contributed by atoms with Crippen molar-refractivity contribution in [2.24, 2.45) is 0 Å². The lowest BCUT2D eigenvalue weighted by atomic mass is 10.2. The van der Waals surface area contributed by atoms with E-state index in [1.54, 1.807) is 12.4 Å². The summed E-state index contributed by atoms with van der Waals surface area (Å²) in [5.41, 5.74) is -0.558. The number of H-pyrrole nitrogens is 1. The lowest BCUT2D eigenvalue weighted by Crippen LogP contribution is -2.27. The zero-order valence-corrected chi connectivity index (χ0v) is 9.41. The Labute approximate surface area is 102 Å². The van der Waals surface area contributed by atoms with Crippen LogP contribution < -0.4 is 5.32 Å². The molecule has 0 aliphatic rings. The van der Waals surface area contributed by atoms with E-state index < -0.39 is 23.1 Å². The van der Waals surface area contributed by atoms with Gasteiger partial charge < -0.3 is 10.3 Å². The molecule has 0 atom stereocenters. The molecule has 0 radical (unpaired) electrons. The van der Waals surface area contributed by atoms with Crippen molar-refractivity contribution in [1.82, 2.24) is 15.3 Å². The molecule has 6 heteroatoms. The zero-order valence-electron chi connectivity index (χ0n) is 9.41. The first-order valence-corrected chi connectivity index (χ1v) is 5.39. The number of hydrogen-bond acceptors (Lipinski definition) is 2. The van der Waals surface area contributed by atoms with Crippen molar-refractivity contribution in [1.29, 1.82) is 0 Å². The number of carbonyl (C=O) groups is 1. The van der Waals surface area contributed by atoms with Crippen LogP contribution in [-0.2, 0) is 6.42 Å². The van der Waals surface area contributed by atoms with Crippen molar-refractivity contribution in [2.45, 2.75) is 6.42 Å². The van der Waals surface area contributed by atoms with Gasteiger partial charge in [-0.25, -0.2) is 13.8 Å². The molecule has 0 bridgehead atoms. The molecule has 0 unspecified atom stereocenters. The van der Waals surface area contributed by atoms with Crippen LogP contribution in [0.3, 0.4) is 0 Å². The molecule has 1 aromatic heterocycles. The van der Waals surface area contributed by atoms with Gasteiger partial charge >= 0.3 is 0 Å². The molecule has 0 spiro atoms. The Morgan fingerprint density at radius 3 is 2.67 bits per heavy atom. The van der Waals surface area contributed by atoms with E-state index in [-0.39, 0.29) is 6.54 Å². The summed E-state index contributed by atoms with van der Waals surface area (Å²) < 4.78 is 26.6. The second-order valence-electron chi connectivity index (χ2n) is 3.64. The molecular formula is C12H11F2N3O. The van der Waals surface area contributed by atoms with Crippen LogP contribution >= 0.6 is 0 Å². The Bertz CT molecular complexity index is 520. The average molecular weight is 251 g/mol. The number of nitrogens with one attached hydrogen (secondary N) is 2. The fraction of sp³-hybridized carbons (Fsp3) is 0.167. The van der Waals surface area contributed by atoms with Gasteiger partial charge in [0.2, 0.25) is 0 Å². The molecule has 1 heterocycles. The Balaban J connectivity index is 1.96. The summed E-state index contributed by atoms with van der Waals surface area (Å²) in [6.45, 7) is 0.250. The number of imidazole rings is 1. The summed E-state index contributed by atoms with van der Waals surface area (Å²) >= 11 is 0. The Kier molecular flexibility index (Phi) is 3.66. The van der Waals surface area contributed by atoms with Crippen molar-refractivity contribution in [3.05, 3.63) is 53.6 Å². The maximum Gasteiger partial charge on any atom is 0.257 e. The van der Waals surface area contributed by atoms with Crippen molar-refractivity contribution >= 4 is 5.91 Å². The minimum absolute atomic E-state index is 0.250. The number of rotatable bonds is 4. The van der Waals surface area contributed by atoms with E-state index in [0.717, 1.165) is 12.1 Å². The first-order chi connectivity index (χ1) is 8.68. The molecule has 2 rings (SSSR count). The standard InChI is InChI=1S/C12H11F2N3O/c13-8-2-1-3-9(14)11(8)12(18)17-5-4-10-15-6-7-16-10/h1-3,6-7H,4-5H2,(H,15,16)(H,17,18). The van der Waals surface area contributed by atoms with E-state index in [1.165, 1.54) is 6.07 Å². The van der Waals surface area contributed by atoms with Crippen LogP contribution in [0.2, 0.25) is 0 Å². The molecule has 1 amide bonds. The van der Waals surface area contributed by atoms with Crippen molar-refractivity contribution < 1.29 is 13.6 Å². The highest BCUT2D eigenvalue weighted by Crippen LogP contribution is 2.11. The number of nitrogens with zero attached hydrogens (tertiary/aromatic N) is 1. The second kappa shape index (κ2) is 5.39. The fourth-order valence-electron chi connectivity index (χ4n) is 1.53. The fourth-order valence-corrected chi connectivity index (χ4v) is 1.53. The van der Waals surface area contributed by atoms with E-state index in [9.17, 15) is 13.6 Å². The first-order valence-electron chi connectivity index (χ1n) is 5.39. The Hall–Kier alpha value is -2.24. The summed E-state index contributed by atoms with van der Waals surface area (Å²) in [5.74, 6) is -1.81. The quantitative estimate of drug-likeness (QED) is 0.868. The van der Waals surface area contributed by atoms with Crippen LogP contribution in [-0.4, -0.2) is 22.4 Å². The molecule has 0 aliphatic heterocycles. The minimum Gasteiger partial charge on any atom is -0.351 e. The highest BCUT2D eigenvalue weighted by molar-refractivity contribution is 5.94. The number of aromatic nitrogens is 2. The number of halogens is 2. The molecule has 2 aromatic rings. The molecule has 0 saturated heterocycles. The minimum atomic E-state index is -0.870. The highest BCUT2D eigenvalue weighted by atomic mass is 19.1. The predicted octanol–water partition coefficient (Wildman–Crippen LogP) is 1.66. The number of aromatic amines is 1. The third-order valence-electron chi connectivity index (χ3n) is 2.39. The Morgan fingerprint density at radius 1 is 1.33 bits per heavy atom. The van der Waals surface area contributed by atoms with Gasteiger partial charge in [-0.05, 0) is 12.1 Å². The van der Waals surface area contributed by atoms with E-state index in [0.29, 0.717) is 12.2 Å². The number of benzene rings is 1. The van der Waals surface area contributed by atoms with Crippen molar-refractivity contribution in [3.63, 3.8) is 0 Å². The maximum absolute atomic E-state index is 13.3. The SMILES string of the molecule is O=C(NCCc1ncc[nH]1)c1c(F)cccc1F. The molecule has 0 aliphatic carbocycles. The smallest absolute Gasteiger partial charge is 0.257 e. The van der Waals surface area contributed by atoms with Crippen LogP contribution in [0.25, 0.3) is 0 Å². The van der Waals surface area contributed by atoms with Gasteiger partial charge in [-0.15, -0.1) is 0 Å². The monoisotopic (exact) mass is 251 g/mol. The zero-order chi connectivity index (χ0) is 13.0. The molecule has 0 saturated carbocycles. The van der Waals surface area contributed by atoms with Gasteiger partial charge in [0.25, 0.3) is 5.91 Å². The van der Waals surface area contributed by atoms with Crippen LogP contribution in [0, 0.1) is 11.6 Å². The van der Waals surface area contributed by atoms with Crippen LogP contribution in [0.15, 0.2) is 30.6 Å². The molecule has 2 N–H and O–H groups in total. The summed E-state index contributed by atoms with van der Waals surface area (Å²) in [6, 6.07) is 3.30. The molecule has 94 valence electrons. The van der Waals surface area contributed by atoms with Crippen LogP contribution in [0.1, 0.15) is 16.2 Å². The van der Waals surface area contributed by atoms with E-state index in [1.807, 2.05) is 0 Å². The van der Waals surface area contributed by atoms with Gasteiger partial charge in [0.15, 0.2) is 0 Å². The average Bonchev–Trinajstić information content (AvgIpc) is 2.82. The van der Waals surface area contributed by atoms with Crippen LogP contribution in [0.4, 0.5) is 8.78 Å². The summed E-state index contributed by atoms with van der Waals surface area (Å²) in [7, 11) is 0. The highest BCUT2D eigenvalue weighted by Gasteiger charge is 2.16. The summed E-state index contributed by atoms with van der Waals surface area (Å²) in [6.07, 6.45) is 3.72. The van der Waals surface area contributed by atoms with E-state index in [4.69, 9.17) is 0 Å². The lowest BCUT2D eigenvalue weighted by Gasteiger charge is -2.06. The van der Waals surface area contributed by atoms with E-state index >= 15 is 0 Å². The molecule has 18 heavy (non-hydrogen) atoms. The molecular weight excluding hydrogens is 240 g/mol. The van der Waals surface area contributed by atoms with Crippen LogP contribution in [0.5, 0.6) is 0 Å². The lowest BCUT2D eigenvalue weighted by molar-refractivity contribution is 0.0945. The normalized spacial score (nSPS) is 10.3. The molecule has 4 nitrogen and oxygen atoms in total. The number of amides is 1.